The van der Waals surface area contributed by atoms with Crippen LogP contribution < -0.4 is 10.5 Å². The van der Waals surface area contributed by atoms with Gasteiger partial charge in [-0.1, -0.05) is 0 Å². The second-order valence-electron chi connectivity index (χ2n) is 10.4. The Kier molecular flexibility index (Phi) is 7.83. The van der Waals surface area contributed by atoms with E-state index >= 15 is 0 Å². The molecule has 2 aliphatic rings. The fraction of sp³-hybridized carbons (Fsp3) is 0.500. The number of pyridine rings is 1. The van der Waals surface area contributed by atoms with Crippen LogP contribution in [0, 0.1) is 6.92 Å². The van der Waals surface area contributed by atoms with Gasteiger partial charge in [0.15, 0.2) is 0 Å². The number of aliphatic hydroxyl groups is 1. The number of ether oxygens (including phenoxy) is 2. The van der Waals surface area contributed by atoms with Gasteiger partial charge in [-0.2, -0.15) is 10.2 Å². The van der Waals surface area contributed by atoms with E-state index in [-0.39, 0.29) is 18.7 Å². The summed E-state index contributed by atoms with van der Waals surface area (Å²) in [6, 6.07) is 2.29. The molecule has 0 radical (unpaired) electrons. The lowest BCUT2D eigenvalue weighted by Gasteiger charge is -2.30. The molecule has 0 saturated heterocycles. The van der Waals surface area contributed by atoms with Crippen molar-refractivity contribution < 1.29 is 14.6 Å². The van der Waals surface area contributed by atoms with Gasteiger partial charge in [-0.3, -0.25) is 20.0 Å². The van der Waals surface area contributed by atoms with Crippen molar-refractivity contribution in [3.05, 3.63) is 41.0 Å². The van der Waals surface area contributed by atoms with Crippen LogP contribution in [0.15, 0.2) is 28.9 Å². The van der Waals surface area contributed by atoms with Crippen molar-refractivity contribution in [3.63, 3.8) is 0 Å². The topological polar surface area (TPSA) is 140 Å². The molecule has 2 bridgehead atoms. The Balaban J connectivity index is 1.70. The molecule has 0 amide bonds. The molecule has 5 rings (SSSR count). The molecular formula is C28H38N8O3. The third-order valence-corrected chi connectivity index (χ3v) is 7.31. The Labute approximate surface area is 228 Å². The maximum atomic E-state index is 9.76. The van der Waals surface area contributed by atoms with Crippen LogP contribution in [-0.4, -0.2) is 85.7 Å². The smallest absolute Gasteiger partial charge is 0.221 e. The summed E-state index contributed by atoms with van der Waals surface area (Å²) in [7, 11) is 3.54. The van der Waals surface area contributed by atoms with E-state index in [1.54, 1.807) is 18.0 Å². The maximum Gasteiger partial charge on any atom is 0.221 e. The number of allylic oxidation sites excluding steroid dienone is 1. The number of nitrogens with zero attached hydrogens (tertiary/aromatic N) is 6. The molecule has 0 unspecified atom stereocenters. The molecular weight excluding hydrogens is 496 g/mol. The quantitative estimate of drug-likeness (QED) is 0.454. The van der Waals surface area contributed by atoms with Crippen LogP contribution in [0.1, 0.15) is 43.8 Å². The Morgan fingerprint density at radius 2 is 2.15 bits per heavy atom. The van der Waals surface area contributed by atoms with Crippen molar-refractivity contribution in [1.82, 2.24) is 29.9 Å². The zero-order valence-electron chi connectivity index (χ0n) is 23.3. The van der Waals surface area contributed by atoms with E-state index in [9.17, 15) is 5.11 Å². The molecule has 1 fully saturated rings. The molecule has 3 aromatic rings. The van der Waals surface area contributed by atoms with Crippen LogP contribution >= 0.6 is 0 Å². The SMILES string of the molecule is COCc1nn(C)c2c1-c1cc3c([nH]nc3c(C)n1)/C=C/C(=C/N)C(=N[C@@H](C)CO)CN(C1CC1)[C@H](C)CO2. The highest BCUT2D eigenvalue weighted by atomic mass is 16.5. The molecule has 11 nitrogen and oxygen atoms in total. The first-order valence-electron chi connectivity index (χ1n) is 13.4. The van der Waals surface area contributed by atoms with Crippen molar-refractivity contribution in [3.8, 4) is 17.1 Å². The number of aliphatic hydroxyl groups excluding tert-OH is 1. The molecule has 1 aliphatic carbocycles. The highest BCUT2D eigenvalue weighted by Gasteiger charge is 2.34. The minimum absolute atomic E-state index is 0.0412. The Hall–Kier alpha value is -3.54. The van der Waals surface area contributed by atoms with Gasteiger partial charge in [-0.15, -0.1) is 0 Å². The lowest BCUT2D eigenvalue weighted by Crippen LogP contribution is -2.43. The van der Waals surface area contributed by atoms with Gasteiger partial charge < -0.3 is 20.3 Å². The number of nitrogens with one attached hydrogen (secondary N) is 1. The first-order chi connectivity index (χ1) is 18.8. The monoisotopic (exact) mass is 534 g/mol. The first kappa shape index (κ1) is 27.0. The number of aromatic nitrogens is 5. The molecule has 39 heavy (non-hydrogen) atoms. The fourth-order valence-electron chi connectivity index (χ4n) is 5.12. The average Bonchev–Trinajstić information content (AvgIpc) is 3.60. The van der Waals surface area contributed by atoms with Crippen molar-refractivity contribution in [2.24, 2.45) is 17.8 Å². The standard InChI is InChI=1S/C28H38N8O3/c1-16(13-37)30-24-12-36(20-7-8-20)17(2)14-39-28-26(25(15-38-5)34-35(28)4)23-10-21-22(9-6-19(24)11-29)32-33-27(21)18(3)31-23/h6,9-11,16-17,20,37H,7-8,12-15,29H2,1-5H3,(H,32,33)/b9-6+,19-11-,30-24?/t16-,17+/m0/s1. The number of aliphatic imine (C=N–C) groups is 1. The van der Waals surface area contributed by atoms with E-state index in [2.05, 4.69) is 22.0 Å². The lowest BCUT2D eigenvalue weighted by atomic mass is 10.1. The number of rotatable bonds is 5. The fourth-order valence-corrected chi connectivity index (χ4v) is 5.12. The summed E-state index contributed by atoms with van der Waals surface area (Å²) >= 11 is 0. The average molecular weight is 535 g/mol. The second kappa shape index (κ2) is 11.3. The molecule has 1 saturated carbocycles. The molecule has 4 N–H and O–H groups in total. The van der Waals surface area contributed by atoms with Crippen LogP contribution in [0.3, 0.4) is 0 Å². The van der Waals surface area contributed by atoms with Crippen LogP contribution in [0.25, 0.3) is 28.2 Å². The summed E-state index contributed by atoms with van der Waals surface area (Å²) in [5.41, 5.74) is 12.5. The van der Waals surface area contributed by atoms with Gasteiger partial charge in [-0.25, -0.2) is 4.68 Å². The Bertz CT molecular complexity index is 1430. The van der Waals surface area contributed by atoms with Crippen LogP contribution in [0.5, 0.6) is 5.88 Å². The number of methoxy groups -OCH3 is 1. The molecule has 2 atom stereocenters. The minimum atomic E-state index is -0.251. The largest absolute Gasteiger partial charge is 0.476 e. The predicted octanol–water partition coefficient (Wildman–Crippen LogP) is 2.74. The summed E-state index contributed by atoms with van der Waals surface area (Å²) in [6.07, 6.45) is 7.77. The minimum Gasteiger partial charge on any atom is -0.476 e. The number of hydrogen-bond donors (Lipinski definition) is 3. The van der Waals surface area contributed by atoms with E-state index in [0.29, 0.717) is 31.7 Å². The Morgan fingerprint density at radius 1 is 1.36 bits per heavy atom. The third-order valence-electron chi connectivity index (χ3n) is 7.31. The first-order valence-corrected chi connectivity index (χ1v) is 13.4. The van der Waals surface area contributed by atoms with E-state index in [4.69, 9.17) is 30.3 Å². The van der Waals surface area contributed by atoms with Crippen LogP contribution in [0.2, 0.25) is 0 Å². The highest BCUT2D eigenvalue weighted by Crippen LogP contribution is 2.36. The molecule has 11 heteroatoms. The molecule has 3 aromatic heterocycles. The van der Waals surface area contributed by atoms with E-state index in [1.165, 1.54) is 0 Å². The summed E-state index contributed by atoms with van der Waals surface area (Å²) in [5.74, 6) is 0.650. The third kappa shape index (κ3) is 5.47. The van der Waals surface area contributed by atoms with Crippen LogP contribution in [-0.2, 0) is 18.4 Å². The summed E-state index contributed by atoms with van der Waals surface area (Å²) < 4.78 is 13.8. The zero-order chi connectivity index (χ0) is 27.7. The van der Waals surface area contributed by atoms with E-state index in [1.807, 2.05) is 39.1 Å². The van der Waals surface area contributed by atoms with E-state index < -0.39 is 0 Å². The van der Waals surface area contributed by atoms with Gasteiger partial charge >= 0.3 is 0 Å². The van der Waals surface area contributed by atoms with Crippen molar-refractivity contribution in [1.29, 1.82) is 0 Å². The summed E-state index contributed by atoms with van der Waals surface area (Å²) in [4.78, 5) is 12.2. The second-order valence-corrected chi connectivity index (χ2v) is 10.4. The molecule has 1 aliphatic heterocycles. The maximum absolute atomic E-state index is 9.76. The zero-order valence-corrected chi connectivity index (χ0v) is 23.3. The van der Waals surface area contributed by atoms with Crippen molar-refractivity contribution in [2.75, 3.05) is 26.9 Å². The summed E-state index contributed by atoms with van der Waals surface area (Å²) in [6.45, 7) is 7.35. The van der Waals surface area contributed by atoms with Gasteiger partial charge in [-0.05, 0) is 51.8 Å². The van der Waals surface area contributed by atoms with Gasteiger partial charge in [0.2, 0.25) is 5.88 Å². The lowest BCUT2D eigenvalue weighted by molar-refractivity contribution is 0.149. The van der Waals surface area contributed by atoms with E-state index in [0.717, 1.165) is 63.4 Å². The highest BCUT2D eigenvalue weighted by molar-refractivity contribution is 6.05. The number of aryl methyl sites for hydroxylation is 2. The van der Waals surface area contributed by atoms with Crippen molar-refractivity contribution in [2.45, 2.75) is 58.3 Å². The van der Waals surface area contributed by atoms with Gasteiger partial charge in [0.25, 0.3) is 0 Å². The van der Waals surface area contributed by atoms with Gasteiger partial charge in [0, 0.05) is 49.9 Å². The number of fused-ring (bicyclic) bond motifs is 3. The predicted molar refractivity (Wildman–Crippen MR) is 152 cm³/mol. The van der Waals surface area contributed by atoms with Crippen molar-refractivity contribution >= 4 is 22.7 Å². The number of hydrogen-bond acceptors (Lipinski definition) is 9. The van der Waals surface area contributed by atoms with Crippen LogP contribution in [0.4, 0.5) is 0 Å². The number of nitrogens with two attached hydrogens (primary N) is 1. The molecule has 208 valence electrons. The van der Waals surface area contributed by atoms with Gasteiger partial charge in [0.1, 0.15) is 17.8 Å². The Morgan fingerprint density at radius 3 is 2.85 bits per heavy atom. The number of H-pyrrole nitrogens is 1. The number of aromatic amines is 1. The summed E-state index contributed by atoms with van der Waals surface area (Å²) in [5, 5.41) is 23.1. The molecule has 0 aromatic carbocycles. The van der Waals surface area contributed by atoms with Gasteiger partial charge in [0.05, 0.1) is 47.6 Å². The molecule has 0 spiro atoms. The normalized spacial score (nSPS) is 22.6. The molecule has 4 heterocycles.